The van der Waals surface area contributed by atoms with Crippen molar-refractivity contribution in [3.8, 4) is 0 Å². The van der Waals surface area contributed by atoms with Gasteiger partial charge in [-0.2, -0.15) is 0 Å². The zero-order valence-corrected chi connectivity index (χ0v) is 32.0. The molecule has 3 aliphatic rings. The summed E-state index contributed by atoms with van der Waals surface area (Å²) < 4.78 is 63.7. The van der Waals surface area contributed by atoms with Crippen LogP contribution in [-0.4, -0.2) is 80.8 Å². The van der Waals surface area contributed by atoms with E-state index in [9.17, 15) is 36.7 Å². The van der Waals surface area contributed by atoms with E-state index in [4.69, 9.17) is 9.47 Å². The van der Waals surface area contributed by atoms with Crippen molar-refractivity contribution >= 4 is 46.8 Å². The van der Waals surface area contributed by atoms with Crippen LogP contribution in [0.1, 0.15) is 139 Å². The van der Waals surface area contributed by atoms with Gasteiger partial charge < -0.3 is 38.7 Å². The minimum atomic E-state index is -2.60. The van der Waals surface area contributed by atoms with E-state index in [1.807, 2.05) is 0 Å². The Morgan fingerprint density at radius 3 is 1.72 bits per heavy atom. The Balaban J connectivity index is -0.000000760. The average Bonchev–Trinajstić information content (AvgIpc) is 3.21. The maximum atomic E-state index is 13.3. The molecule has 1 heterocycles. The quantitative estimate of drug-likeness (QED) is 0.138. The Bertz CT molecular complexity index is 982. The Morgan fingerprint density at radius 2 is 1.30 bits per heavy atom. The van der Waals surface area contributed by atoms with Gasteiger partial charge in [-0.25, -0.2) is 27.3 Å². The fourth-order valence-electron chi connectivity index (χ4n) is 6.17. The number of hydrogen-bond donors (Lipinski definition) is 0. The molecule has 0 bridgehead atoms. The molecule has 0 aromatic carbocycles. The van der Waals surface area contributed by atoms with Gasteiger partial charge in [0.25, 0.3) is 0 Å². The molecule has 2 atom stereocenters. The number of amides is 2. The van der Waals surface area contributed by atoms with Crippen LogP contribution in [0.3, 0.4) is 0 Å². The van der Waals surface area contributed by atoms with Crippen LogP contribution in [-0.2, 0) is 23.9 Å². The average molecular weight is 757 g/mol. The predicted octanol–water partition coefficient (Wildman–Crippen LogP) is 5.98. The van der Waals surface area contributed by atoms with Gasteiger partial charge in [-0.15, -0.1) is 0 Å². The number of ketones is 1. The fraction of sp³-hybridized carbons (Fsp3) is 0.853. The number of carbonyl (C=O) groups excluding carboxylic acids is 4. The number of alkyl halides is 4. The Morgan fingerprint density at radius 1 is 0.851 bits per heavy atom. The number of halogens is 5. The number of likely N-dealkylation sites (tertiary alicyclic amines) is 1. The standard InChI is InChI=1S/C17H28F2O3.C15H23F2NO3.CH4.CH3.BrH.Mg/c1-12(20)5-6-14(11-15(21)22-16(2,3)4)13-7-9-17(18,19)10-8-13;1-14(2,3)21-13(20)18-11(4-5-12(18)19)10-6-8-15(16,17)9-7-10;;;;/h13-14H,5-11H2,1-4H3;10-11H,4-9H2,1-3H3;1H4;1H3;1H;/q;;;-1;;+2/p-1/t14-;11-;;;;/m10..../s1. The molecule has 3 fully saturated rings. The van der Waals surface area contributed by atoms with E-state index >= 15 is 0 Å². The number of carbonyl (C=O) groups is 4. The van der Waals surface area contributed by atoms with Crippen LogP contribution in [0, 0.1) is 25.2 Å². The molecule has 0 spiro atoms. The molecule has 0 unspecified atom stereocenters. The van der Waals surface area contributed by atoms with Gasteiger partial charge in [0.15, 0.2) is 0 Å². The summed E-state index contributed by atoms with van der Waals surface area (Å²) in [6.45, 7) is 12.1. The first-order valence-electron chi connectivity index (χ1n) is 15.6. The number of imide groups is 1. The summed E-state index contributed by atoms with van der Waals surface area (Å²) in [6.07, 6.45) is 2.33. The zero-order valence-electron chi connectivity index (χ0n) is 29.0. The fourth-order valence-corrected chi connectivity index (χ4v) is 6.17. The number of Topliss-reactive ketones (excluding diaryl/α,β-unsaturated/α-hetero) is 1. The minimum absolute atomic E-state index is 0. The summed E-state index contributed by atoms with van der Waals surface area (Å²) in [7, 11) is 0. The van der Waals surface area contributed by atoms with Crippen molar-refractivity contribution in [2.24, 2.45) is 17.8 Å². The molecule has 47 heavy (non-hydrogen) atoms. The van der Waals surface area contributed by atoms with Crippen molar-refractivity contribution in [1.82, 2.24) is 4.90 Å². The third-order valence-corrected chi connectivity index (χ3v) is 8.29. The molecule has 0 radical (unpaired) electrons. The van der Waals surface area contributed by atoms with Gasteiger partial charge in [-0.3, -0.25) is 9.59 Å². The second kappa shape index (κ2) is 20.7. The molecule has 3 rings (SSSR count). The van der Waals surface area contributed by atoms with Gasteiger partial charge in [0.1, 0.15) is 17.0 Å². The van der Waals surface area contributed by atoms with Crippen LogP contribution < -0.4 is 17.0 Å². The summed E-state index contributed by atoms with van der Waals surface area (Å²) in [6, 6.07) is -0.288. The topological polar surface area (TPSA) is 90.0 Å². The molecule has 1 saturated heterocycles. The van der Waals surface area contributed by atoms with Gasteiger partial charge in [0.2, 0.25) is 17.8 Å². The van der Waals surface area contributed by atoms with Crippen LogP contribution >= 0.6 is 0 Å². The number of ether oxygens (including phenoxy) is 2. The molecule has 0 aromatic heterocycles. The van der Waals surface area contributed by atoms with Crippen LogP contribution in [0.25, 0.3) is 0 Å². The van der Waals surface area contributed by atoms with E-state index in [-0.39, 0.29) is 135 Å². The normalized spacial score (nSPS) is 21.6. The van der Waals surface area contributed by atoms with Gasteiger partial charge in [-0.1, -0.05) is 7.43 Å². The van der Waals surface area contributed by atoms with Gasteiger partial charge in [-0.05, 0) is 105 Å². The van der Waals surface area contributed by atoms with Crippen LogP contribution in [0.2, 0.25) is 0 Å². The van der Waals surface area contributed by atoms with Crippen molar-refractivity contribution in [3.63, 3.8) is 0 Å². The van der Waals surface area contributed by atoms with Crippen molar-refractivity contribution in [2.45, 2.75) is 168 Å². The second-order valence-electron chi connectivity index (χ2n) is 14.5. The Labute approximate surface area is 307 Å². The first kappa shape index (κ1) is 50.4. The molecule has 2 aliphatic carbocycles. The molecular weight excluding hydrogens is 699 g/mol. The van der Waals surface area contributed by atoms with Crippen molar-refractivity contribution in [1.29, 1.82) is 0 Å². The van der Waals surface area contributed by atoms with Gasteiger partial charge in [0, 0.05) is 51.0 Å². The molecule has 272 valence electrons. The van der Waals surface area contributed by atoms with E-state index < -0.39 is 29.1 Å². The van der Waals surface area contributed by atoms with Gasteiger partial charge in [0.05, 0.1) is 0 Å². The Kier molecular flexibility index (Phi) is 22.2. The predicted molar refractivity (Wildman–Crippen MR) is 173 cm³/mol. The number of nitrogens with zero attached hydrogens (tertiary/aromatic N) is 1. The third kappa shape index (κ3) is 18.6. The maximum Gasteiger partial charge on any atom is 2.00 e. The smallest absolute Gasteiger partial charge is 1.00 e. The molecular formula is C34H58BrF4MgNO6. The van der Waals surface area contributed by atoms with Gasteiger partial charge >= 0.3 is 35.1 Å². The first-order valence-corrected chi connectivity index (χ1v) is 15.6. The molecule has 2 amide bonds. The third-order valence-electron chi connectivity index (χ3n) is 8.29. The minimum Gasteiger partial charge on any atom is -1.00 e. The number of esters is 1. The monoisotopic (exact) mass is 755 g/mol. The molecule has 2 saturated carbocycles. The van der Waals surface area contributed by atoms with Crippen LogP contribution in [0.4, 0.5) is 22.4 Å². The van der Waals surface area contributed by atoms with Crippen molar-refractivity contribution in [3.05, 3.63) is 7.43 Å². The summed E-state index contributed by atoms with van der Waals surface area (Å²) in [5.74, 6) is -5.69. The molecule has 0 aromatic rings. The second-order valence-corrected chi connectivity index (χ2v) is 14.5. The van der Waals surface area contributed by atoms with Crippen molar-refractivity contribution in [2.75, 3.05) is 0 Å². The largest absolute Gasteiger partial charge is 2.00 e. The summed E-state index contributed by atoms with van der Waals surface area (Å²) >= 11 is 0. The van der Waals surface area contributed by atoms with E-state index in [2.05, 4.69) is 0 Å². The van der Waals surface area contributed by atoms with E-state index in [0.29, 0.717) is 44.9 Å². The molecule has 0 N–H and O–H groups in total. The van der Waals surface area contributed by atoms with Crippen LogP contribution in [0.15, 0.2) is 0 Å². The van der Waals surface area contributed by atoms with Crippen molar-refractivity contribution < 1.29 is 63.2 Å². The Hall–Kier alpha value is -0.954. The van der Waals surface area contributed by atoms with E-state index in [1.54, 1.807) is 41.5 Å². The van der Waals surface area contributed by atoms with Crippen LogP contribution in [0.5, 0.6) is 0 Å². The molecule has 1 aliphatic heterocycles. The van der Waals surface area contributed by atoms with E-state index in [1.165, 1.54) is 11.8 Å². The summed E-state index contributed by atoms with van der Waals surface area (Å²) in [4.78, 5) is 48.6. The zero-order chi connectivity index (χ0) is 32.8. The molecule has 13 heteroatoms. The summed E-state index contributed by atoms with van der Waals surface area (Å²) in [5.41, 5.74) is -1.23. The molecule has 7 nitrogen and oxygen atoms in total. The maximum absolute atomic E-state index is 13.3. The first-order chi connectivity index (χ1) is 19.6. The van der Waals surface area contributed by atoms with E-state index in [0.717, 1.165) is 0 Å². The number of rotatable bonds is 7. The summed E-state index contributed by atoms with van der Waals surface area (Å²) in [5, 5.41) is 0. The number of hydrogen-bond acceptors (Lipinski definition) is 6. The SMILES string of the molecule is C.CC(=O)CC[C@H](CC(=O)OC(C)(C)C)C1CCC(F)(F)CC1.CC(C)(C)OC(=O)N1C(=O)CC[C@H]1C1CCC(F)(F)CC1.[Br-].[CH3-].[Mg+2].